The van der Waals surface area contributed by atoms with Crippen LogP contribution >= 0.6 is 23.1 Å². The molecule has 7 nitrogen and oxygen atoms in total. The summed E-state index contributed by atoms with van der Waals surface area (Å²) in [5, 5.41) is 4.78. The van der Waals surface area contributed by atoms with Crippen LogP contribution in [0.25, 0.3) is 15.9 Å². The molecule has 0 radical (unpaired) electrons. The Bertz CT molecular complexity index is 1370. The van der Waals surface area contributed by atoms with Crippen LogP contribution in [0.5, 0.6) is 0 Å². The third-order valence-corrected chi connectivity index (χ3v) is 8.06. The first-order valence-electron chi connectivity index (χ1n) is 10.6. The molecule has 0 atom stereocenters. The quantitative estimate of drug-likeness (QED) is 0.355. The number of carbonyl (C=O) groups is 1. The fourth-order valence-electron chi connectivity index (χ4n) is 4.19. The molecular weight excluding hydrogens is 442 g/mol. The van der Waals surface area contributed by atoms with Gasteiger partial charge in [-0.05, 0) is 50.3 Å². The van der Waals surface area contributed by atoms with Crippen LogP contribution < -0.4 is 10.9 Å². The number of nitrogens with one attached hydrogen (secondary N) is 1. The van der Waals surface area contributed by atoms with Crippen molar-refractivity contribution >= 4 is 44.9 Å². The van der Waals surface area contributed by atoms with E-state index in [-0.39, 0.29) is 17.2 Å². The summed E-state index contributed by atoms with van der Waals surface area (Å²) in [7, 11) is 1.81. The van der Waals surface area contributed by atoms with Crippen LogP contribution in [-0.2, 0) is 24.7 Å². The summed E-state index contributed by atoms with van der Waals surface area (Å²) in [6, 6.07) is 9.39. The normalized spacial score (nSPS) is 13.3. The van der Waals surface area contributed by atoms with Crippen molar-refractivity contribution in [2.75, 3.05) is 11.1 Å². The van der Waals surface area contributed by atoms with Crippen molar-refractivity contribution in [3.8, 4) is 5.69 Å². The molecule has 0 bridgehead atoms. The number of rotatable bonds is 5. The topological polar surface area (TPSA) is 81.8 Å². The van der Waals surface area contributed by atoms with Gasteiger partial charge in [0.15, 0.2) is 0 Å². The molecule has 5 rings (SSSR count). The van der Waals surface area contributed by atoms with Crippen molar-refractivity contribution < 1.29 is 4.79 Å². The number of aromatic nitrogens is 4. The Balaban J connectivity index is 1.37. The number of amides is 1. The molecule has 0 saturated carbocycles. The summed E-state index contributed by atoms with van der Waals surface area (Å²) in [6.45, 7) is 1.83. The minimum absolute atomic E-state index is 0.176. The smallest absolute Gasteiger partial charge is 0.295 e. The number of fused-ring (bicyclic) bond motifs is 3. The van der Waals surface area contributed by atoms with Crippen LogP contribution in [-0.4, -0.2) is 31.0 Å². The maximum Gasteiger partial charge on any atom is 0.295 e. The van der Waals surface area contributed by atoms with E-state index in [1.165, 1.54) is 35.0 Å². The molecule has 9 heteroatoms. The van der Waals surface area contributed by atoms with Gasteiger partial charge >= 0.3 is 0 Å². The highest BCUT2D eigenvalue weighted by molar-refractivity contribution is 8.00. The van der Waals surface area contributed by atoms with Gasteiger partial charge in [0.2, 0.25) is 5.91 Å². The number of benzene rings is 1. The first kappa shape index (κ1) is 21.0. The number of hydrogen-bond acceptors (Lipinski definition) is 6. The van der Waals surface area contributed by atoms with Crippen LogP contribution in [0, 0.1) is 6.92 Å². The zero-order chi connectivity index (χ0) is 22.2. The fraction of sp³-hybridized carbons (Fsp3) is 0.304. The Morgan fingerprint density at radius 3 is 2.78 bits per heavy atom. The molecule has 32 heavy (non-hydrogen) atoms. The molecule has 1 aliphatic rings. The summed E-state index contributed by atoms with van der Waals surface area (Å²) >= 11 is 3.15. The average molecular weight is 466 g/mol. The molecular formula is C23H23N5O2S2. The summed E-state index contributed by atoms with van der Waals surface area (Å²) in [5.74, 6) is -0.0487. The number of anilines is 1. The van der Waals surface area contributed by atoms with Crippen molar-refractivity contribution in [1.29, 1.82) is 0 Å². The van der Waals surface area contributed by atoms with Crippen LogP contribution in [0.1, 0.15) is 29.0 Å². The lowest BCUT2D eigenvalue weighted by molar-refractivity contribution is -0.113. The van der Waals surface area contributed by atoms with E-state index in [0.717, 1.165) is 33.8 Å². The van der Waals surface area contributed by atoms with E-state index in [9.17, 15) is 9.59 Å². The number of carbonyl (C=O) groups excluding carboxylic acids is 1. The van der Waals surface area contributed by atoms with E-state index in [4.69, 9.17) is 0 Å². The van der Waals surface area contributed by atoms with E-state index in [0.29, 0.717) is 11.4 Å². The zero-order valence-corrected chi connectivity index (χ0v) is 19.6. The number of hydrogen-bond donors (Lipinski definition) is 1. The molecule has 3 heterocycles. The van der Waals surface area contributed by atoms with E-state index in [1.807, 2.05) is 44.3 Å². The van der Waals surface area contributed by atoms with Crippen molar-refractivity contribution in [3.05, 3.63) is 63.1 Å². The van der Waals surface area contributed by atoms with Crippen molar-refractivity contribution in [2.24, 2.45) is 7.05 Å². The second-order valence-electron chi connectivity index (χ2n) is 7.84. The zero-order valence-electron chi connectivity index (χ0n) is 17.9. The van der Waals surface area contributed by atoms with E-state index >= 15 is 0 Å². The van der Waals surface area contributed by atoms with Gasteiger partial charge in [-0.25, -0.2) is 14.6 Å². The third-order valence-electron chi connectivity index (χ3n) is 5.88. The van der Waals surface area contributed by atoms with Crippen LogP contribution in [0.2, 0.25) is 0 Å². The standard InChI is InChI=1S/C23H23N5O2S2/c1-14-20(23(30)28(27(14)2)15-8-4-3-5-9-15)26-18(29)12-31-21-19-16-10-6-7-11-17(16)32-22(19)25-13-24-21/h3-5,8-9,13H,6-7,10-12H2,1-2H3,(H,26,29). The van der Waals surface area contributed by atoms with E-state index in [1.54, 1.807) is 27.0 Å². The number of nitrogens with zero attached hydrogens (tertiary/aromatic N) is 4. The Kier molecular flexibility index (Phi) is 5.60. The van der Waals surface area contributed by atoms with Crippen LogP contribution in [0.4, 0.5) is 5.69 Å². The molecule has 1 aliphatic carbocycles. The summed E-state index contributed by atoms with van der Waals surface area (Å²) in [5.41, 5.74) is 2.87. The van der Waals surface area contributed by atoms with Crippen LogP contribution in [0.15, 0.2) is 46.5 Å². The predicted octanol–water partition coefficient (Wildman–Crippen LogP) is 4.10. The van der Waals surface area contributed by atoms with Gasteiger partial charge in [-0.3, -0.25) is 14.3 Å². The van der Waals surface area contributed by atoms with Crippen molar-refractivity contribution in [1.82, 2.24) is 19.3 Å². The molecule has 0 aliphatic heterocycles. The molecule has 164 valence electrons. The van der Waals surface area contributed by atoms with Crippen LogP contribution in [0.3, 0.4) is 0 Å². The van der Waals surface area contributed by atoms with Gasteiger partial charge in [0.25, 0.3) is 5.56 Å². The molecule has 0 fully saturated rings. The first-order valence-corrected chi connectivity index (χ1v) is 12.4. The summed E-state index contributed by atoms with van der Waals surface area (Å²) in [4.78, 5) is 37.1. The second kappa shape index (κ2) is 8.55. The van der Waals surface area contributed by atoms with Gasteiger partial charge in [-0.2, -0.15) is 0 Å². The second-order valence-corrected chi connectivity index (χ2v) is 9.89. The van der Waals surface area contributed by atoms with Gasteiger partial charge in [0, 0.05) is 17.3 Å². The minimum Gasteiger partial charge on any atom is -0.319 e. The van der Waals surface area contributed by atoms with Crippen molar-refractivity contribution in [3.63, 3.8) is 0 Å². The number of thiophene rings is 1. The lowest BCUT2D eigenvalue weighted by Gasteiger charge is -2.11. The Morgan fingerprint density at radius 1 is 1.19 bits per heavy atom. The Morgan fingerprint density at radius 2 is 1.97 bits per heavy atom. The molecule has 1 amide bonds. The molecule has 0 saturated heterocycles. The predicted molar refractivity (Wildman–Crippen MR) is 129 cm³/mol. The van der Waals surface area contributed by atoms with E-state index < -0.39 is 0 Å². The molecule has 1 aromatic carbocycles. The highest BCUT2D eigenvalue weighted by Gasteiger charge is 2.22. The largest absolute Gasteiger partial charge is 0.319 e. The summed E-state index contributed by atoms with van der Waals surface area (Å²) < 4.78 is 3.32. The van der Waals surface area contributed by atoms with Gasteiger partial charge in [-0.15, -0.1) is 11.3 Å². The Hall–Kier alpha value is -2.91. The lowest BCUT2D eigenvalue weighted by atomic mass is 9.97. The van der Waals surface area contributed by atoms with Gasteiger partial charge in [-0.1, -0.05) is 30.0 Å². The van der Waals surface area contributed by atoms with Gasteiger partial charge in [0.05, 0.1) is 17.1 Å². The Labute approximate surface area is 193 Å². The fourth-order valence-corrected chi connectivity index (χ4v) is 6.31. The number of thioether (sulfide) groups is 1. The maximum atomic E-state index is 13.0. The first-order chi connectivity index (χ1) is 15.5. The van der Waals surface area contributed by atoms with Gasteiger partial charge in [0.1, 0.15) is 21.9 Å². The van der Waals surface area contributed by atoms with Gasteiger partial charge < -0.3 is 5.32 Å². The highest BCUT2D eigenvalue weighted by Crippen LogP contribution is 2.39. The molecule has 0 spiro atoms. The summed E-state index contributed by atoms with van der Waals surface area (Å²) in [6.07, 6.45) is 6.12. The monoisotopic (exact) mass is 465 g/mol. The maximum absolute atomic E-state index is 13.0. The van der Waals surface area contributed by atoms with E-state index in [2.05, 4.69) is 15.3 Å². The third kappa shape index (κ3) is 3.65. The SMILES string of the molecule is Cc1c(NC(=O)CSc2ncnc3sc4c(c23)CCCC4)c(=O)n(-c2ccccc2)n1C. The highest BCUT2D eigenvalue weighted by atomic mass is 32.2. The number of aryl methyl sites for hydroxylation is 2. The van der Waals surface area contributed by atoms with Crippen molar-refractivity contribution in [2.45, 2.75) is 37.6 Å². The molecule has 0 unspecified atom stereocenters. The molecule has 4 aromatic rings. The lowest BCUT2D eigenvalue weighted by Crippen LogP contribution is -2.23. The average Bonchev–Trinajstić information content (AvgIpc) is 3.29. The molecule has 3 aromatic heterocycles. The minimum atomic E-state index is -0.245. The molecule has 1 N–H and O–H groups in total. The number of para-hydroxylation sites is 1.